The second-order valence-electron chi connectivity index (χ2n) is 3.57. The number of hydrogen-bond acceptors (Lipinski definition) is 3. The van der Waals surface area contributed by atoms with Crippen molar-refractivity contribution in [3.05, 3.63) is 30.2 Å². The SMILES string of the molecule is CC(C)NCc1ccnc2ccnn12. The largest absolute Gasteiger partial charge is 0.309 e. The van der Waals surface area contributed by atoms with Gasteiger partial charge in [0.2, 0.25) is 0 Å². The molecule has 2 rings (SSSR count). The molecule has 1 N–H and O–H groups in total. The first-order valence-corrected chi connectivity index (χ1v) is 4.78. The molecule has 2 heterocycles. The summed E-state index contributed by atoms with van der Waals surface area (Å²) in [6.45, 7) is 5.07. The highest BCUT2D eigenvalue weighted by Crippen LogP contribution is 2.02. The molecule has 0 radical (unpaired) electrons. The first-order chi connectivity index (χ1) is 6.77. The Hall–Kier alpha value is -1.42. The van der Waals surface area contributed by atoms with Crippen LogP contribution >= 0.6 is 0 Å². The Morgan fingerprint density at radius 3 is 3.00 bits per heavy atom. The van der Waals surface area contributed by atoms with Crippen molar-refractivity contribution in [2.75, 3.05) is 0 Å². The lowest BCUT2D eigenvalue weighted by atomic mass is 10.3. The number of aromatic nitrogens is 3. The Bertz CT molecular complexity index is 419. The van der Waals surface area contributed by atoms with Crippen molar-refractivity contribution in [1.29, 1.82) is 0 Å². The van der Waals surface area contributed by atoms with E-state index in [-0.39, 0.29) is 0 Å². The number of nitrogens with one attached hydrogen (secondary N) is 1. The third-order valence-electron chi connectivity index (χ3n) is 2.06. The molecule has 0 aliphatic rings. The zero-order valence-corrected chi connectivity index (χ0v) is 8.44. The molecule has 2 aromatic rings. The fraction of sp³-hybridized carbons (Fsp3) is 0.400. The summed E-state index contributed by atoms with van der Waals surface area (Å²) in [5.41, 5.74) is 2.03. The van der Waals surface area contributed by atoms with Crippen molar-refractivity contribution in [1.82, 2.24) is 19.9 Å². The zero-order chi connectivity index (χ0) is 9.97. The maximum atomic E-state index is 4.21. The zero-order valence-electron chi connectivity index (χ0n) is 8.44. The summed E-state index contributed by atoms with van der Waals surface area (Å²) in [6, 6.07) is 4.36. The van der Waals surface area contributed by atoms with Gasteiger partial charge in [-0.05, 0) is 6.07 Å². The summed E-state index contributed by atoms with van der Waals surface area (Å²) >= 11 is 0. The van der Waals surface area contributed by atoms with Crippen LogP contribution in [-0.4, -0.2) is 20.6 Å². The standard InChI is InChI=1S/C10H14N4/c1-8(2)12-7-9-3-5-11-10-4-6-13-14(9)10/h3-6,8,12H,7H2,1-2H3. The molecule has 0 bridgehead atoms. The van der Waals surface area contributed by atoms with E-state index < -0.39 is 0 Å². The third kappa shape index (κ3) is 1.75. The van der Waals surface area contributed by atoms with Crippen LogP contribution in [-0.2, 0) is 6.54 Å². The van der Waals surface area contributed by atoms with Crippen molar-refractivity contribution in [2.45, 2.75) is 26.4 Å². The Balaban J connectivity index is 2.27. The fourth-order valence-corrected chi connectivity index (χ4v) is 1.33. The Morgan fingerprint density at radius 1 is 1.36 bits per heavy atom. The van der Waals surface area contributed by atoms with Gasteiger partial charge in [-0.2, -0.15) is 5.10 Å². The van der Waals surface area contributed by atoms with E-state index in [1.807, 2.05) is 22.8 Å². The lowest BCUT2D eigenvalue weighted by Gasteiger charge is -2.08. The van der Waals surface area contributed by atoms with E-state index in [2.05, 4.69) is 29.2 Å². The molecule has 0 amide bonds. The molecule has 0 aliphatic carbocycles. The Kier molecular flexibility index (Phi) is 2.45. The Morgan fingerprint density at radius 2 is 2.21 bits per heavy atom. The van der Waals surface area contributed by atoms with Gasteiger partial charge < -0.3 is 5.32 Å². The predicted octanol–water partition coefficient (Wildman–Crippen LogP) is 1.23. The molecule has 74 valence electrons. The van der Waals surface area contributed by atoms with Crippen LogP contribution in [0, 0.1) is 0 Å². The average molecular weight is 190 g/mol. The van der Waals surface area contributed by atoms with Crippen molar-refractivity contribution >= 4 is 5.65 Å². The molecule has 2 aromatic heterocycles. The van der Waals surface area contributed by atoms with Gasteiger partial charge in [-0.15, -0.1) is 0 Å². The van der Waals surface area contributed by atoms with E-state index >= 15 is 0 Å². The molecule has 0 saturated carbocycles. The van der Waals surface area contributed by atoms with Crippen LogP contribution in [0.1, 0.15) is 19.5 Å². The molecule has 4 heteroatoms. The van der Waals surface area contributed by atoms with Gasteiger partial charge in [-0.25, -0.2) is 9.50 Å². The van der Waals surface area contributed by atoms with Gasteiger partial charge in [-0.3, -0.25) is 0 Å². The molecular formula is C10H14N4. The van der Waals surface area contributed by atoms with Gasteiger partial charge in [0.15, 0.2) is 5.65 Å². The minimum absolute atomic E-state index is 0.480. The normalized spacial score (nSPS) is 11.4. The van der Waals surface area contributed by atoms with E-state index in [9.17, 15) is 0 Å². The Labute approximate surface area is 83.0 Å². The topological polar surface area (TPSA) is 42.2 Å². The lowest BCUT2D eigenvalue weighted by molar-refractivity contribution is 0.572. The van der Waals surface area contributed by atoms with Gasteiger partial charge in [-0.1, -0.05) is 13.8 Å². The molecule has 0 saturated heterocycles. The molecule has 0 unspecified atom stereocenters. The highest BCUT2D eigenvalue weighted by molar-refractivity contribution is 5.36. The maximum Gasteiger partial charge on any atom is 0.155 e. The van der Waals surface area contributed by atoms with E-state index in [4.69, 9.17) is 0 Å². The van der Waals surface area contributed by atoms with Crippen LogP contribution in [0.3, 0.4) is 0 Å². The molecule has 0 fully saturated rings. The van der Waals surface area contributed by atoms with Gasteiger partial charge in [0.1, 0.15) is 0 Å². The van der Waals surface area contributed by atoms with Crippen LogP contribution in [0.4, 0.5) is 0 Å². The van der Waals surface area contributed by atoms with Crippen LogP contribution in [0.25, 0.3) is 5.65 Å². The van der Waals surface area contributed by atoms with E-state index in [1.54, 1.807) is 6.20 Å². The van der Waals surface area contributed by atoms with Gasteiger partial charge >= 0.3 is 0 Å². The number of fused-ring (bicyclic) bond motifs is 1. The summed E-state index contributed by atoms with van der Waals surface area (Å²) in [4.78, 5) is 4.20. The van der Waals surface area contributed by atoms with Crippen molar-refractivity contribution in [3.8, 4) is 0 Å². The molecule has 0 spiro atoms. The summed E-state index contributed by atoms with van der Waals surface area (Å²) in [7, 11) is 0. The van der Waals surface area contributed by atoms with Crippen molar-refractivity contribution in [3.63, 3.8) is 0 Å². The molecule has 4 nitrogen and oxygen atoms in total. The number of hydrogen-bond donors (Lipinski definition) is 1. The van der Waals surface area contributed by atoms with Crippen molar-refractivity contribution in [2.24, 2.45) is 0 Å². The highest BCUT2D eigenvalue weighted by Gasteiger charge is 2.01. The van der Waals surface area contributed by atoms with Crippen LogP contribution in [0.5, 0.6) is 0 Å². The van der Waals surface area contributed by atoms with Crippen molar-refractivity contribution < 1.29 is 0 Å². The smallest absolute Gasteiger partial charge is 0.155 e. The minimum atomic E-state index is 0.480. The highest BCUT2D eigenvalue weighted by atomic mass is 15.3. The molecule has 14 heavy (non-hydrogen) atoms. The summed E-state index contributed by atoms with van der Waals surface area (Å²) in [5, 5.41) is 7.57. The number of rotatable bonds is 3. The summed E-state index contributed by atoms with van der Waals surface area (Å²) in [5.74, 6) is 0. The minimum Gasteiger partial charge on any atom is -0.309 e. The second kappa shape index (κ2) is 3.75. The van der Waals surface area contributed by atoms with Crippen LogP contribution in [0.15, 0.2) is 24.5 Å². The quantitative estimate of drug-likeness (QED) is 0.791. The van der Waals surface area contributed by atoms with E-state index in [1.165, 1.54) is 0 Å². The molecule has 0 atom stereocenters. The average Bonchev–Trinajstić information content (AvgIpc) is 2.62. The molecular weight excluding hydrogens is 176 g/mol. The molecule has 0 aliphatic heterocycles. The predicted molar refractivity (Wildman–Crippen MR) is 55.0 cm³/mol. The van der Waals surface area contributed by atoms with E-state index in [0.29, 0.717) is 6.04 Å². The van der Waals surface area contributed by atoms with Gasteiger partial charge in [0.25, 0.3) is 0 Å². The van der Waals surface area contributed by atoms with Gasteiger partial charge in [0.05, 0.1) is 11.9 Å². The van der Waals surface area contributed by atoms with Crippen LogP contribution in [0.2, 0.25) is 0 Å². The van der Waals surface area contributed by atoms with E-state index in [0.717, 1.165) is 17.9 Å². The first-order valence-electron chi connectivity index (χ1n) is 4.78. The monoisotopic (exact) mass is 190 g/mol. The molecule has 0 aromatic carbocycles. The van der Waals surface area contributed by atoms with Crippen LogP contribution < -0.4 is 5.32 Å². The maximum absolute atomic E-state index is 4.21. The number of nitrogens with zero attached hydrogens (tertiary/aromatic N) is 3. The first kappa shape index (κ1) is 9.15. The third-order valence-corrected chi connectivity index (χ3v) is 2.06. The summed E-state index contributed by atoms with van der Waals surface area (Å²) < 4.78 is 1.86. The summed E-state index contributed by atoms with van der Waals surface area (Å²) in [6.07, 6.45) is 3.58. The second-order valence-corrected chi connectivity index (χ2v) is 3.57. The van der Waals surface area contributed by atoms with Gasteiger partial charge in [0, 0.05) is 24.8 Å². The lowest BCUT2D eigenvalue weighted by Crippen LogP contribution is -2.23. The fourth-order valence-electron chi connectivity index (χ4n) is 1.33.